The number of hydrogen-bond donors (Lipinski definition) is 3. The highest BCUT2D eigenvalue weighted by Gasteiger charge is 2.23. The lowest BCUT2D eigenvalue weighted by molar-refractivity contribution is -0.151. The van der Waals surface area contributed by atoms with Crippen molar-refractivity contribution >= 4 is 11.9 Å². The van der Waals surface area contributed by atoms with Gasteiger partial charge in [0.15, 0.2) is 0 Å². The Bertz CT molecular complexity index is 995. The summed E-state index contributed by atoms with van der Waals surface area (Å²) in [6, 6.07) is -0.724. The number of ether oxygens (including phenoxy) is 1. The first-order valence-electron chi connectivity index (χ1n) is 21.2. The van der Waals surface area contributed by atoms with Crippen LogP contribution < -0.4 is 5.32 Å². The van der Waals surface area contributed by atoms with Gasteiger partial charge >= 0.3 is 5.97 Å². The van der Waals surface area contributed by atoms with Gasteiger partial charge in [0.2, 0.25) is 5.91 Å². The van der Waals surface area contributed by atoms with E-state index >= 15 is 0 Å². The van der Waals surface area contributed by atoms with Gasteiger partial charge in [-0.3, -0.25) is 9.59 Å². The molecule has 0 radical (unpaired) electrons. The summed E-state index contributed by atoms with van der Waals surface area (Å²) < 4.78 is 5.83. The highest BCUT2D eigenvalue weighted by Crippen LogP contribution is 2.16. The zero-order valence-electron chi connectivity index (χ0n) is 33.7. The zero-order valence-corrected chi connectivity index (χ0v) is 33.7. The third-order valence-electron chi connectivity index (χ3n) is 9.21. The van der Waals surface area contributed by atoms with Crippen molar-refractivity contribution in [1.82, 2.24) is 5.32 Å². The molecule has 0 fully saturated rings. The van der Waals surface area contributed by atoms with Crippen molar-refractivity contribution in [3.8, 4) is 0 Å². The van der Waals surface area contributed by atoms with E-state index < -0.39 is 18.2 Å². The summed E-state index contributed by atoms with van der Waals surface area (Å²) in [5.74, 6) is -0.560. The van der Waals surface area contributed by atoms with Crippen LogP contribution in [0.5, 0.6) is 0 Å². The normalized spacial score (nSPS) is 14.2. The lowest BCUT2D eigenvalue weighted by atomic mass is 10.0. The molecule has 52 heavy (non-hydrogen) atoms. The zero-order chi connectivity index (χ0) is 38.2. The van der Waals surface area contributed by atoms with E-state index in [2.05, 4.69) is 38.2 Å². The van der Waals surface area contributed by atoms with Crippen LogP contribution in [0.4, 0.5) is 0 Å². The van der Waals surface area contributed by atoms with E-state index in [0.29, 0.717) is 19.3 Å². The molecule has 0 aliphatic heterocycles. The largest absolute Gasteiger partial charge is 0.462 e. The van der Waals surface area contributed by atoms with Crippen molar-refractivity contribution < 1.29 is 24.5 Å². The van der Waals surface area contributed by atoms with E-state index in [9.17, 15) is 19.8 Å². The van der Waals surface area contributed by atoms with Crippen molar-refractivity contribution in [1.29, 1.82) is 0 Å². The van der Waals surface area contributed by atoms with E-state index in [-0.39, 0.29) is 24.9 Å². The topological polar surface area (TPSA) is 95.9 Å². The van der Waals surface area contributed by atoms with Gasteiger partial charge in [-0.15, -0.1) is 0 Å². The van der Waals surface area contributed by atoms with Gasteiger partial charge in [0, 0.05) is 6.42 Å². The summed E-state index contributed by atoms with van der Waals surface area (Å²) in [4.78, 5) is 25.8. The molecule has 3 unspecified atom stereocenters. The van der Waals surface area contributed by atoms with Crippen molar-refractivity contribution in [2.24, 2.45) is 0 Å². The third kappa shape index (κ3) is 34.4. The minimum Gasteiger partial charge on any atom is -0.462 e. The predicted molar refractivity (Wildman–Crippen MR) is 222 cm³/mol. The Balaban J connectivity index is 4.81. The van der Waals surface area contributed by atoms with Gasteiger partial charge in [0.25, 0.3) is 0 Å². The summed E-state index contributed by atoms with van der Waals surface area (Å²) in [7, 11) is 0. The number of esters is 1. The summed E-state index contributed by atoms with van der Waals surface area (Å²) in [5.41, 5.74) is 0. The van der Waals surface area contributed by atoms with Gasteiger partial charge in [-0.05, 0) is 38.5 Å². The Morgan fingerprint density at radius 3 is 1.54 bits per heavy atom. The third-order valence-corrected chi connectivity index (χ3v) is 9.21. The number of carbonyl (C=O) groups excluding carboxylic acids is 2. The van der Waals surface area contributed by atoms with E-state index in [1.54, 1.807) is 0 Å². The predicted octanol–water partition coefficient (Wildman–Crippen LogP) is 11.9. The Morgan fingerprint density at radius 2 is 1.04 bits per heavy atom. The second-order valence-corrected chi connectivity index (χ2v) is 14.2. The molecule has 0 aromatic rings. The van der Waals surface area contributed by atoms with E-state index in [1.807, 2.05) is 60.8 Å². The summed E-state index contributed by atoms with van der Waals surface area (Å²) in [6.07, 6.45) is 48.2. The molecule has 0 spiro atoms. The summed E-state index contributed by atoms with van der Waals surface area (Å²) >= 11 is 0. The highest BCUT2D eigenvalue weighted by molar-refractivity contribution is 5.77. The molecule has 6 heteroatoms. The van der Waals surface area contributed by atoms with Crippen LogP contribution in [0.1, 0.15) is 181 Å². The molecule has 0 aromatic heterocycles. The summed E-state index contributed by atoms with van der Waals surface area (Å²) in [5, 5.41) is 23.5. The van der Waals surface area contributed by atoms with Crippen molar-refractivity contribution in [3.05, 3.63) is 72.9 Å². The maximum Gasteiger partial charge on any atom is 0.306 e. The molecule has 3 atom stereocenters. The summed E-state index contributed by atoms with van der Waals surface area (Å²) in [6.45, 7) is 6.24. The minimum atomic E-state index is -0.806. The fraction of sp³-hybridized carbons (Fsp3) is 0.696. The highest BCUT2D eigenvalue weighted by atomic mass is 16.5. The molecule has 0 aromatic carbocycles. The molecule has 0 bridgehead atoms. The van der Waals surface area contributed by atoms with Crippen LogP contribution in [0.3, 0.4) is 0 Å². The Labute approximate surface area is 320 Å². The molecule has 0 saturated carbocycles. The monoisotopic (exact) mass is 726 g/mol. The fourth-order valence-corrected chi connectivity index (χ4v) is 5.99. The Morgan fingerprint density at radius 1 is 0.577 bits per heavy atom. The average molecular weight is 726 g/mol. The first kappa shape index (κ1) is 49.3. The molecule has 0 heterocycles. The number of nitrogens with one attached hydrogen (secondary N) is 1. The first-order valence-corrected chi connectivity index (χ1v) is 21.2. The van der Waals surface area contributed by atoms with Gasteiger partial charge in [-0.25, -0.2) is 0 Å². The molecule has 6 nitrogen and oxygen atoms in total. The van der Waals surface area contributed by atoms with E-state index in [1.165, 1.54) is 77.0 Å². The van der Waals surface area contributed by atoms with Gasteiger partial charge in [0.05, 0.1) is 25.2 Å². The number of unbranched alkanes of at least 4 members (excludes halogenated alkanes) is 17. The molecule has 1 amide bonds. The Hall–Kier alpha value is -2.70. The lowest BCUT2D eigenvalue weighted by Gasteiger charge is -2.24. The van der Waals surface area contributed by atoms with Gasteiger partial charge in [-0.2, -0.15) is 0 Å². The van der Waals surface area contributed by atoms with Crippen LogP contribution in [0.25, 0.3) is 0 Å². The maximum atomic E-state index is 13.1. The number of amides is 1. The number of hydrogen-bond acceptors (Lipinski definition) is 5. The molecule has 0 rings (SSSR count). The number of allylic oxidation sites excluding steroid dienone is 12. The molecule has 0 saturated heterocycles. The van der Waals surface area contributed by atoms with E-state index in [0.717, 1.165) is 57.8 Å². The SMILES string of the molecule is CC\C=C/C=C/C=C/C=C\C=C\C=C\CCCC(CC(=O)NC(CO)C(O)CCCCCCCCCCC)OC(=O)CCCCCCCCCCC. The number of rotatable bonds is 36. The van der Waals surface area contributed by atoms with E-state index in [4.69, 9.17) is 4.74 Å². The molecule has 298 valence electrons. The van der Waals surface area contributed by atoms with Crippen LogP contribution in [-0.2, 0) is 14.3 Å². The molecular formula is C46H79NO5. The molecular weight excluding hydrogens is 647 g/mol. The van der Waals surface area contributed by atoms with Gasteiger partial charge in [0.1, 0.15) is 6.10 Å². The first-order chi connectivity index (χ1) is 25.5. The van der Waals surface area contributed by atoms with Gasteiger partial charge in [-0.1, -0.05) is 203 Å². The lowest BCUT2D eigenvalue weighted by Crippen LogP contribution is -2.46. The molecule has 0 aliphatic carbocycles. The molecule has 3 N–H and O–H groups in total. The standard InChI is InChI=1S/C46H79NO5/c1-4-7-10-13-16-19-20-21-22-23-24-27-28-31-34-37-42(52-46(51)39-36-33-30-26-18-15-12-9-6-3)40-45(50)47-43(41-48)44(49)38-35-32-29-25-17-14-11-8-5-2/h7,10,13,16,19-24,27-28,42-44,48-49H,4-6,8-9,11-12,14-15,17-18,25-26,29-41H2,1-3H3,(H,47,50)/b10-7-,16-13+,20-19+,22-21-,24-23+,28-27+. The van der Waals surface area contributed by atoms with Crippen LogP contribution >= 0.6 is 0 Å². The maximum absolute atomic E-state index is 13.1. The van der Waals surface area contributed by atoms with Crippen LogP contribution in [0, 0.1) is 0 Å². The van der Waals surface area contributed by atoms with Crippen LogP contribution in [-0.4, -0.2) is 46.9 Å². The number of carbonyl (C=O) groups is 2. The quantitative estimate of drug-likeness (QED) is 0.0339. The fourth-order valence-electron chi connectivity index (χ4n) is 5.99. The Kier molecular flexibility index (Phi) is 37.5. The van der Waals surface area contributed by atoms with Crippen molar-refractivity contribution in [2.45, 2.75) is 200 Å². The minimum absolute atomic E-state index is 0.0246. The van der Waals surface area contributed by atoms with Crippen molar-refractivity contribution in [2.75, 3.05) is 6.61 Å². The van der Waals surface area contributed by atoms with Gasteiger partial charge < -0.3 is 20.3 Å². The van der Waals surface area contributed by atoms with Crippen LogP contribution in [0.2, 0.25) is 0 Å². The van der Waals surface area contributed by atoms with Crippen LogP contribution in [0.15, 0.2) is 72.9 Å². The second-order valence-electron chi connectivity index (χ2n) is 14.2. The van der Waals surface area contributed by atoms with Crippen molar-refractivity contribution in [3.63, 3.8) is 0 Å². The smallest absolute Gasteiger partial charge is 0.306 e. The number of aliphatic hydroxyl groups excluding tert-OH is 2. The molecule has 0 aliphatic rings. The average Bonchev–Trinajstić information content (AvgIpc) is 3.13. The number of aliphatic hydroxyl groups is 2. The second kappa shape index (κ2) is 39.5.